The summed E-state index contributed by atoms with van der Waals surface area (Å²) in [6.07, 6.45) is 4.50. The first kappa shape index (κ1) is 12.9. The number of nitrogens with zero attached hydrogens (tertiary/aromatic N) is 1. The minimum Gasteiger partial charge on any atom is -0.478 e. The van der Waals surface area contributed by atoms with Gasteiger partial charge in [0.25, 0.3) is 0 Å². The molecule has 0 aliphatic heterocycles. The van der Waals surface area contributed by atoms with Crippen molar-refractivity contribution in [2.45, 2.75) is 20.3 Å². The Morgan fingerprint density at radius 2 is 1.93 bits per heavy atom. The van der Waals surface area contributed by atoms with Crippen LogP contribution in [0.25, 0.3) is 0 Å². The SMILES string of the molecule is CC/C(=C\C=C(/C)C(=O)O)CN(C)C. The zero-order valence-corrected chi connectivity index (χ0v) is 9.37. The van der Waals surface area contributed by atoms with Gasteiger partial charge in [0.05, 0.1) is 0 Å². The molecule has 0 saturated carbocycles. The Hall–Kier alpha value is -1.09. The van der Waals surface area contributed by atoms with Gasteiger partial charge in [-0.15, -0.1) is 0 Å². The van der Waals surface area contributed by atoms with E-state index in [2.05, 4.69) is 11.8 Å². The summed E-state index contributed by atoms with van der Waals surface area (Å²) in [5.41, 5.74) is 1.60. The standard InChI is InChI=1S/C11H19NO2/c1-5-10(8-12(3)4)7-6-9(2)11(13)14/h6-7H,5,8H2,1-4H3,(H,13,14)/b9-6+,10-7+. The Morgan fingerprint density at radius 3 is 2.29 bits per heavy atom. The molecule has 0 unspecified atom stereocenters. The number of hydrogen-bond acceptors (Lipinski definition) is 2. The molecule has 0 saturated heterocycles. The highest BCUT2D eigenvalue weighted by atomic mass is 16.4. The van der Waals surface area contributed by atoms with Gasteiger partial charge < -0.3 is 10.0 Å². The highest BCUT2D eigenvalue weighted by Crippen LogP contribution is 2.04. The van der Waals surface area contributed by atoms with Gasteiger partial charge in [0.2, 0.25) is 0 Å². The number of allylic oxidation sites excluding steroid dienone is 2. The van der Waals surface area contributed by atoms with Crippen LogP contribution in [0.1, 0.15) is 20.3 Å². The minimum absolute atomic E-state index is 0.370. The molecule has 0 rings (SSSR count). The monoisotopic (exact) mass is 197 g/mol. The Bertz CT molecular complexity index is 252. The summed E-state index contributed by atoms with van der Waals surface area (Å²) in [7, 11) is 3.99. The number of aliphatic carboxylic acids is 1. The van der Waals surface area contributed by atoms with E-state index in [-0.39, 0.29) is 0 Å². The first-order valence-electron chi connectivity index (χ1n) is 4.71. The van der Waals surface area contributed by atoms with E-state index in [4.69, 9.17) is 5.11 Å². The molecule has 0 heterocycles. The van der Waals surface area contributed by atoms with E-state index < -0.39 is 5.97 Å². The van der Waals surface area contributed by atoms with Gasteiger partial charge in [-0.2, -0.15) is 0 Å². The lowest BCUT2D eigenvalue weighted by Gasteiger charge is -2.10. The third-order valence-corrected chi connectivity index (χ3v) is 1.88. The molecule has 0 spiro atoms. The van der Waals surface area contributed by atoms with Gasteiger partial charge in [0, 0.05) is 12.1 Å². The molecule has 0 aromatic rings. The second kappa shape index (κ2) is 6.38. The van der Waals surface area contributed by atoms with Crippen molar-refractivity contribution in [3.05, 3.63) is 23.3 Å². The number of likely N-dealkylation sites (N-methyl/N-ethyl adjacent to an activating group) is 1. The van der Waals surface area contributed by atoms with Crippen LogP contribution >= 0.6 is 0 Å². The fraction of sp³-hybridized carbons (Fsp3) is 0.545. The molecule has 3 heteroatoms. The summed E-state index contributed by atoms with van der Waals surface area (Å²) >= 11 is 0. The molecule has 80 valence electrons. The van der Waals surface area contributed by atoms with Crippen molar-refractivity contribution in [1.29, 1.82) is 0 Å². The molecule has 14 heavy (non-hydrogen) atoms. The van der Waals surface area contributed by atoms with E-state index >= 15 is 0 Å². The fourth-order valence-electron chi connectivity index (χ4n) is 1.00. The number of carboxylic acids is 1. The van der Waals surface area contributed by atoms with Crippen molar-refractivity contribution in [1.82, 2.24) is 4.90 Å². The molecule has 0 aromatic heterocycles. The Labute approximate surface area is 85.7 Å². The molecule has 0 radical (unpaired) electrons. The molecular weight excluding hydrogens is 178 g/mol. The van der Waals surface area contributed by atoms with Crippen LogP contribution in [-0.2, 0) is 4.79 Å². The summed E-state index contributed by atoms with van der Waals surface area (Å²) in [5, 5.41) is 8.64. The van der Waals surface area contributed by atoms with Crippen LogP contribution in [0.15, 0.2) is 23.3 Å². The van der Waals surface area contributed by atoms with Crippen molar-refractivity contribution >= 4 is 5.97 Å². The Kier molecular flexibility index (Phi) is 5.88. The zero-order chi connectivity index (χ0) is 11.1. The summed E-state index contributed by atoms with van der Waals surface area (Å²) in [4.78, 5) is 12.6. The van der Waals surface area contributed by atoms with Gasteiger partial charge >= 0.3 is 5.97 Å². The van der Waals surface area contributed by atoms with Gasteiger partial charge in [0.1, 0.15) is 0 Å². The first-order chi connectivity index (χ1) is 6.47. The molecule has 0 aliphatic rings. The van der Waals surface area contributed by atoms with E-state index in [9.17, 15) is 4.79 Å². The lowest BCUT2D eigenvalue weighted by molar-refractivity contribution is -0.132. The minimum atomic E-state index is -0.860. The Balaban J connectivity index is 4.45. The fourth-order valence-corrected chi connectivity index (χ4v) is 1.00. The van der Waals surface area contributed by atoms with Crippen LogP contribution in [0.4, 0.5) is 0 Å². The van der Waals surface area contributed by atoms with Gasteiger partial charge in [-0.3, -0.25) is 0 Å². The van der Waals surface area contributed by atoms with Crippen LogP contribution in [-0.4, -0.2) is 36.6 Å². The topological polar surface area (TPSA) is 40.5 Å². The maximum Gasteiger partial charge on any atom is 0.331 e. The van der Waals surface area contributed by atoms with Crippen LogP contribution in [0.5, 0.6) is 0 Å². The van der Waals surface area contributed by atoms with Gasteiger partial charge in [-0.25, -0.2) is 4.79 Å². The highest BCUT2D eigenvalue weighted by Gasteiger charge is 1.98. The van der Waals surface area contributed by atoms with Gasteiger partial charge in [-0.05, 0) is 27.4 Å². The molecule has 1 N–H and O–H groups in total. The van der Waals surface area contributed by atoms with E-state index in [0.717, 1.165) is 13.0 Å². The summed E-state index contributed by atoms with van der Waals surface area (Å²) in [6.45, 7) is 4.54. The van der Waals surface area contributed by atoms with Crippen molar-refractivity contribution in [3.8, 4) is 0 Å². The van der Waals surface area contributed by atoms with Crippen LogP contribution in [0.3, 0.4) is 0 Å². The third kappa shape index (κ3) is 5.54. The number of carboxylic acid groups (broad SMARTS) is 1. The van der Waals surface area contributed by atoms with E-state index in [1.807, 2.05) is 20.2 Å². The first-order valence-corrected chi connectivity index (χ1v) is 4.71. The van der Waals surface area contributed by atoms with Crippen molar-refractivity contribution in [2.24, 2.45) is 0 Å². The lowest BCUT2D eigenvalue weighted by Crippen LogP contribution is -2.14. The highest BCUT2D eigenvalue weighted by molar-refractivity contribution is 5.86. The second-order valence-corrected chi connectivity index (χ2v) is 3.57. The maximum absolute atomic E-state index is 10.5. The average molecular weight is 197 g/mol. The predicted molar refractivity (Wildman–Crippen MR) is 58.3 cm³/mol. The molecular formula is C11H19NO2. The number of rotatable bonds is 5. The molecule has 0 atom stereocenters. The Morgan fingerprint density at radius 1 is 1.36 bits per heavy atom. The van der Waals surface area contributed by atoms with Crippen molar-refractivity contribution < 1.29 is 9.90 Å². The quantitative estimate of drug-likeness (QED) is 0.540. The molecule has 0 amide bonds. The van der Waals surface area contributed by atoms with Crippen molar-refractivity contribution in [3.63, 3.8) is 0 Å². The summed E-state index contributed by atoms with van der Waals surface area (Å²) in [5.74, 6) is -0.860. The molecule has 0 aromatic carbocycles. The third-order valence-electron chi connectivity index (χ3n) is 1.88. The summed E-state index contributed by atoms with van der Waals surface area (Å²) in [6, 6.07) is 0. The second-order valence-electron chi connectivity index (χ2n) is 3.57. The molecule has 0 aliphatic carbocycles. The van der Waals surface area contributed by atoms with E-state index in [0.29, 0.717) is 5.57 Å². The van der Waals surface area contributed by atoms with E-state index in [1.165, 1.54) is 5.57 Å². The van der Waals surface area contributed by atoms with Crippen LogP contribution < -0.4 is 0 Å². The molecule has 0 fully saturated rings. The molecule has 0 bridgehead atoms. The average Bonchev–Trinajstić information content (AvgIpc) is 2.10. The lowest BCUT2D eigenvalue weighted by atomic mass is 10.1. The summed E-state index contributed by atoms with van der Waals surface area (Å²) < 4.78 is 0. The largest absolute Gasteiger partial charge is 0.478 e. The normalized spacial score (nSPS) is 13.5. The van der Waals surface area contributed by atoms with Crippen LogP contribution in [0, 0.1) is 0 Å². The van der Waals surface area contributed by atoms with Crippen LogP contribution in [0.2, 0.25) is 0 Å². The number of carbonyl (C=O) groups is 1. The predicted octanol–water partition coefficient (Wildman–Crippen LogP) is 1.92. The molecule has 3 nitrogen and oxygen atoms in total. The van der Waals surface area contributed by atoms with Gasteiger partial charge in [0.15, 0.2) is 0 Å². The van der Waals surface area contributed by atoms with Gasteiger partial charge in [-0.1, -0.05) is 24.6 Å². The zero-order valence-electron chi connectivity index (χ0n) is 9.37. The van der Waals surface area contributed by atoms with Crippen molar-refractivity contribution in [2.75, 3.05) is 20.6 Å². The van der Waals surface area contributed by atoms with E-state index in [1.54, 1.807) is 13.0 Å². The maximum atomic E-state index is 10.5. The smallest absolute Gasteiger partial charge is 0.331 e. The number of hydrogen-bond donors (Lipinski definition) is 1.